The summed E-state index contributed by atoms with van der Waals surface area (Å²) in [4.78, 5) is 27.7. The summed E-state index contributed by atoms with van der Waals surface area (Å²) in [6, 6.07) is 8.96. The molecule has 0 atom stereocenters. The van der Waals surface area contributed by atoms with Gasteiger partial charge in [-0.2, -0.15) is 0 Å². The van der Waals surface area contributed by atoms with E-state index in [1.165, 1.54) is 6.33 Å². The minimum atomic E-state index is -0.848. The van der Waals surface area contributed by atoms with Gasteiger partial charge < -0.3 is 15.2 Å². The maximum absolute atomic E-state index is 12.9. The van der Waals surface area contributed by atoms with Crippen molar-refractivity contribution in [1.82, 2.24) is 19.9 Å². The Morgan fingerprint density at radius 1 is 1.16 bits per heavy atom. The Morgan fingerprint density at radius 3 is 2.55 bits per heavy atom. The van der Waals surface area contributed by atoms with Crippen LogP contribution >= 0.6 is 11.6 Å². The molecular formula is C22H22ClN5O2S. The molecule has 4 rings (SSSR count). The highest BCUT2D eigenvalue weighted by molar-refractivity contribution is 7.91. The minimum absolute atomic E-state index is 0.145. The maximum atomic E-state index is 12.9. The van der Waals surface area contributed by atoms with E-state index in [2.05, 4.69) is 15.0 Å². The smallest absolute Gasteiger partial charge is 0.255 e. The molecule has 31 heavy (non-hydrogen) atoms. The number of carbonyl (C=O) groups excluding carboxylic acids is 1. The third-order valence-electron chi connectivity index (χ3n) is 5.27. The van der Waals surface area contributed by atoms with Crippen LogP contribution in [0.2, 0.25) is 5.02 Å². The van der Waals surface area contributed by atoms with E-state index in [1.807, 2.05) is 19.1 Å². The third kappa shape index (κ3) is 4.51. The molecule has 1 fully saturated rings. The maximum Gasteiger partial charge on any atom is 0.255 e. The Bertz CT molecular complexity index is 1100. The fourth-order valence-electron chi connectivity index (χ4n) is 3.61. The molecule has 160 valence electrons. The number of nitrogen functional groups attached to an aromatic ring is 1. The van der Waals surface area contributed by atoms with Gasteiger partial charge in [0.15, 0.2) is 0 Å². The number of aryl methyl sites for hydroxylation is 1. The Labute approximate surface area is 188 Å². The molecule has 0 radical (unpaired) electrons. The number of nitrogens with two attached hydrogens (primary N) is 1. The van der Waals surface area contributed by atoms with Gasteiger partial charge in [0.1, 0.15) is 23.7 Å². The summed E-state index contributed by atoms with van der Waals surface area (Å²) in [5.74, 6) is 1.29. The second-order valence-corrected chi connectivity index (χ2v) is 9.31. The molecule has 0 aliphatic carbocycles. The van der Waals surface area contributed by atoms with Crippen LogP contribution in [0.4, 0.5) is 5.82 Å². The minimum Gasteiger partial charge on any atom is -0.616 e. The van der Waals surface area contributed by atoms with E-state index < -0.39 is 11.2 Å². The number of benzene rings is 1. The zero-order valence-corrected chi connectivity index (χ0v) is 18.6. The summed E-state index contributed by atoms with van der Waals surface area (Å²) >= 11 is 5.69. The summed E-state index contributed by atoms with van der Waals surface area (Å²) in [7, 11) is 0. The lowest BCUT2D eigenvalue weighted by Crippen LogP contribution is -2.43. The Kier molecular flexibility index (Phi) is 6.41. The van der Waals surface area contributed by atoms with Crippen molar-refractivity contribution < 1.29 is 9.35 Å². The first-order valence-corrected chi connectivity index (χ1v) is 11.8. The zero-order valence-electron chi connectivity index (χ0n) is 17.0. The molecule has 1 saturated heterocycles. The molecule has 3 heterocycles. The summed E-state index contributed by atoms with van der Waals surface area (Å²) in [5.41, 5.74) is 10.3. The second kappa shape index (κ2) is 9.21. The van der Waals surface area contributed by atoms with Crippen LogP contribution in [0.3, 0.4) is 0 Å². The van der Waals surface area contributed by atoms with Gasteiger partial charge in [-0.25, -0.2) is 15.0 Å². The van der Waals surface area contributed by atoms with E-state index in [-0.39, 0.29) is 5.91 Å². The molecule has 1 aromatic carbocycles. The number of anilines is 1. The lowest BCUT2D eigenvalue weighted by molar-refractivity contribution is 0.0770. The van der Waals surface area contributed by atoms with E-state index in [4.69, 9.17) is 17.3 Å². The van der Waals surface area contributed by atoms with Gasteiger partial charge in [0.2, 0.25) is 0 Å². The molecule has 2 aromatic heterocycles. The quantitative estimate of drug-likeness (QED) is 0.605. The molecule has 1 aliphatic rings. The standard InChI is InChI=1S/C22H22ClN5O2S/c1-2-18-20(15-4-6-19(24)25-12-15)21(27-13-26-18)14-3-5-16(17(23)11-14)22(29)28-7-9-31(30)10-8-28/h3-6,11-13H,2,7-10H2,1H3,(H2,24,25). The van der Waals surface area contributed by atoms with Crippen molar-refractivity contribution in [3.05, 3.63) is 59.1 Å². The number of aromatic nitrogens is 3. The van der Waals surface area contributed by atoms with Crippen molar-refractivity contribution >= 4 is 34.5 Å². The highest BCUT2D eigenvalue weighted by Crippen LogP contribution is 2.34. The molecule has 0 spiro atoms. The highest BCUT2D eigenvalue weighted by Gasteiger charge is 2.26. The fraction of sp³-hybridized carbons (Fsp3) is 0.273. The van der Waals surface area contributed by atoms with Crippen LogP contribution in [-0.2, 0) is 17.6 Å². The van der Waals surface area contributed by atoms with Crippen molar-refractivity contribution in [3.63, 3.8) is 0 Å². The summed E-state index contributed by atoms with van der Waals surface area (Å²) < 4.78 is 11.6. The van der Waals surface area contributed by atoms with Crippen LogP contribution in [-0.4, -0.2) is 54.9 Å². The van der Waals surface area contributed by atoms with Crippen molar-refractivity contribution in [3.8, 4) is 22.4 Å². The summed E-state index contributed by atoms with van der Waals surface area (Å²) in [5, 5.41) is 0.354. The number of nitrogens with zero attached hydrogens (tertiary/aromatic N) is 4. The number of halogens is 1. The molecule has 0 unspecified atom stereocenters. The number of hydrogen-bond donors (Lipinski definition) is 1. The van der Waals surface area contributed by atoms with Gasteiger partial charge in [-0.05, 0) is 30.7 Å². The van der Waals surface area contributed by atoms with E-state index in [0.29, 0.717) is 46.7 Å². The van der Waals surface area contributed by atoms with Crippen molar-refractivity contribution in [2.45, 2.75) is 13.3 Å². The van der Waals surface area contributed by atoms with Crippen LogP contribution in [0.15, 0.2) is 42.9 Å². The average Bonchev–Trinajstić information content (AvgIpc) is 2.79. The van der Waals surface area contributed by atoms with Crippen LogP contribution in [0, 0.1) is 0 Å². The van der Waals surface area contributed by atoms with Gasteiger partial charge in [-0.1, -0.05) is 35.8 Å². The van der Waals surface area contributed by atoms with Gasteiger partial charge in [0, 0.05) is 22.9 Å². The van der Waals surface area contributed by atoms with Gasteiger partial charge in [-0.15, -0.1) is 0 Å². The van der Waals surface area contributed by atoms with E-state index in [1.54, 1.807) is 29.3 Å². The topological polar surface area (TPSA) is 108 Å². The molecule has 7 nitrogen and oxygen atoms in total. The lowest BCUT2D eigenvalue weighted by atomic mass is 9.97. The lowest BCUT2D eigenvalue weighted by Gasteiger charge is -2.28. The molecule has 2 N–H and O–H groups in total. The number of rotatable bonds is 4. The van der Waals surface area contributed by atoms with Crippen molar-refractivity contribution in [2.24, 2.45) is 0 Å². The predicted molar refractivity (Wildman–Crippen MR) is 123 cm³/mol. The van der Waals surface area contributed by atoms with Gasteiger partial charge in [0.05, 0.1) is 35.1 Å². The van der Waals surface area contributed by atoms with Gasteiger partial charge in [0.25, 0.3) is 5.91 Å². The second-order valence-electron chi connectivity index (χ2n) is 7.20. The largest absolute Gasteiger partial charge is 0.616 e. The SMILES string of the molecule is CCc1ncnc(-c2ccc(C(=O)N3CC[S+]([O-])CC3)c(Cl)c2)c1-c1ccc(N)nc1. The monoisotopic (exact) mass is 455 g/mol. The van der Waals surface area contributed by atoms with Crippen LogP contribution in [0.5, 0.6) is 0 Å². The summed E-state index contributed by atoms with van der Waals surface area (Å²) in [6.07, 6.45) is 3.95. The Morgan fingerprint density at radius 2 is 1.90 bits per heavy atom. The normalized spacial score (nSPS) is 14.6. The predicted octanol–water partition coefficient (Wildman–Crippen LogP) is 3.21. The van der Waals surface area contributed by atoms with E-state index in [0.717, 1.165) is 28.8 Å². The fourth-order valence-corrected chi connectivity index (χ4v) is 4.93. The van der Waals surface area contributed by atoms with Crippen LogP contribution in [0.1, 0.15) is 23.0 Å². The third-order valence-corrected chi connectivity index (χ3v) is 6.86. The molecule has 1 aliphatic heterocycles. The van der Waals surface area contributed by atoms with Gasteiger partial charge in [-0.3, -0.25) is 4.79 Å². The molecule has 9 heteroatoms. The van der Waals surface area contributed by atoms with Crippen LogP contribution in [0.25, 0.3) is 22.4 Å². The first-order chi connectivity index (χ1) is 15.0. The van der Waals surface area contributed by atoms with E-state index in [9.17, 15) is 9.35 Å². The molecule has 3 aromatic rings. The molecular weight excluding hydrogens is 434 g/mol. The molecule has 0 bridgehead atoms. The highest BCUT2D eigenvalue weighted by atomic mass is 35.5. The zero-order chi connectivity index (χ0) is 22.0. The van der Waals surface area contributed by atoms with E-state index >= 15 is 0 Å². The first-order valence-electron chi connectivity index (χ1n) is 9.98. The molecule has 0 saturated carbocycles. The number of amides is 1. The number of pyridine rings is 1. The van der Waals surface area contributed by atoms with Crippen molar-refractivity contribution in [2.75, 3.05) is 30.3 Å². The van der Waals surface area contributed by atoms with Crippen molar-refractivity contribution in [1.29, 1.82) is 0 Å². The summed E-state index contributed by atoms with van der Waals surface area (Å²) in [6.45, 7) is 2.98. The Balaban J connectivity index is 1.71. The number of hydrogen-bond acceptors (Lipinski definition) is 6. The van der Waals surface area contributed by atoms with Gasteiger partial charge >= 0.3 is 0 Å². The average molecular weight is 456 g/mol. The number of carbonyl (C=O) groups is 1. The van der Waals surface area contributed by atoms with Crippen LogP contribution < -0.4 is 5.73 Å². The first kappa shape index (κ1) is 21.5. The molecule has 1 amide bonds. The Hall–Kier alpha value is -2.68.